The summed E-state index contributed by atoms with van der Waals surface area (Å²) in [6.45, 7) is 0. The second-order valence-electron chi connectivity index (χ2n) is 13.7. The molecule has 11 rings (SSSR count). The van der Waals surface area contributed by atoms with E-state index in [4.69, 9.17) is 4.42 Å². The van der Waals surface area contributed by atoms with Crippen LogP contribution in [-0.2, 0) is 0 Å². The van der Waals surface area contributed by atoms with Crippen LogP contribution in [0.4, 0.5) is 17.1 Å². The van der Waals surface area contributed by atoms with E-state index in [1.807, 2.05) is 0 Å². The minimum atomic E-state index is 0.898. The van der Waals surface area contributed by atoms with Crippen LogP contribution in [-0.4, -0.2) is 0 Å². The number of anilines is 3. The van der Waals surface area contributed by atoms with E-state index < -0.39 is 0 Å². The Balaban J connectivity index is 1.22. The number of para-hydroxylation sites is 2. The Morgan fingerprint density at radius 1 is 0.288 bits per heavy atom. The lowest BCUT2D eigenvalue weighted by Gasteiger charge is -2.30. The maximum absolute atomic E-state index is 6.91. The zero-order valence-corrected chi connectivity index (χ0v) is 28.3. The van der Waals surface area contributed by atoms with Crippen LogP contribution in [0.5, 0.6) is 0 Å². The van der Waals surface area contributed by atoms with Gasteiger partial charge in [-0.3, -0.25) is 0 Å². The van der Waals surface area contributed by atoms with Gasteiger partial charge in [0.15, 0.2) is 0 Å². The number of benzene rings is 10. The molecule has 0 amide bonds. The first-order chi connectivity index (χ1) is 25.8. The molecule has 0 aliphatic rings. The Morgan fingerprint density at radius 2 is 0.808 bits per heavy atom. The maximum Gasteiger partial charge on any atom is 0.143 e. The van der Waals surface area contributed by atoms with Gasteiger partial charge in [0.2, 0.25) is 0 Å². The second kappa shape index (κ2) is 11.3. The first kappa shape index (κ1) is 28.9. The standard InChI is InChI=1S/C50H31NO/c1-4-15-37-32(12-1)24-25-35-30-36(27-29-39(35)37)51(48-31-34-14-3-5-16-38(34)41-18-7-8-19-42(41)48)47-23-10-9-20-43(47)44-21-11-22-45-46-28-26-33-13-2-6-17-40(33)49(46)52-50(44)45/h1-31H. The highest BCUT2D eigenvalue weighted by Gasteiger charge is 2.23. The molecule has 0 N–H and O–H groups in total. The van der Waals surface area contributed by atoms with Gasteiger partial charge in [0, 0.05) is 38.4 Å². The van der Waals surface area contributed by atoms with Crippen molar-refractivity contribution in [3.8, 4) is 11.1 Å². The van der Waals surface area contributed by atoms with Crippen molar-refractivity contribution in [2.24, 2.45) is 0 Å². The summed E-state index contributed by atoms with van der Waals surface area (Å²) in [5.41, 5.74) is 7.30. The van der Waals surface area contributed by atoms with Gasteiger partial charge < -0.3 is 9.32 Å². The highest BCUT2D eigenvalue weighted by Crippen LogP contribution is 2.48. The van der Waals surface area contributed by atoms with E-state index >= 15 is 0 Å². The predicted molar refractivity (Wildman–Crippen MR) is 221 cm³/mol. The average Bonchev–Trinajstić information content (AvgIpc) is 3.61. The fourth-order valence-electron chi connectivity index (χ4n) is 8.40. The van der Waals surface area contributed by atoms with Crippen LogP contribution in [0.15, 0.2) is 192 Å². The molecule has 1 aromatic heterocycles. The van der Waals surface area contributed by atoms with Gasteiger partial charge in [-0.25, -0.2) is 0 Å². The van der Waals surface area contributed by atoms with Crippen LogP contribution in [0.25, 0.3) is 86.9 Å². The lowest BCUT2D eigenvalue weighted by molar-refractivity contribution is 0.674. The first-order valence-corrected chi connectivity index (χ1v) is 17.8. The summed E-state index contributed by atoms with van der Waals surface area (Å²) in [5, 5.41) is 14.4. The second-order valence-corrected chi connectivity index (χ2v) is 13.7. The zero-order valence-electron chi connectivity index (χ0n) is 28.3. The molecule has 242 valence electrons. The van der Waals surface area contributed by atoms with E-state index in [0.29, 0.717) is 0 Å². The largest absolute Gasteiger partial charge is 0.455 e. The smallest absolute Gasteiger partial charge is 0.143 e. The van der Waals surface area contributed by atoms with Crippen molar-refractivity contribution >= 4 is 92.9 Å². The van der Waals surface area contributed by atoms with Crippen molar-refractivity contribution in [3.05, 3.63) is 188 Å². The number of hydrogen-bond acceptors (Lipinski definition) is 2. The zero-order chi connectivity index (χ0) is 34.2. The molecule has 0 aliphatic carbocycles. The molecule has 1 heterocycles. The molecule has 0 atom stereocenters. The molecule has 10 aromatic carbocycles. The number of hydrogen-bond donors (Lipinski definition) is 0. The Morgan fingerprint density at radius 3 is 1.65 bits per heavy atom. The van der Waals surface area contributed by atoms with Gasteiger partial charge in [-0.05, 0) is 73.4 Å². The van der Waals surface area contributed by atoms with E-state index in [9.17, 15) is 0 Å². The van der Waals surface area contributed by atoms with Crippen LogP contribution >= 0.6 is 0 Å². The third-order valence-corrected chi connectivity index (χ3v) is 10.8. The summed E-state index contributed by atoms with van der Waals surface area (Å²) in [5.74, 6) is 0. The summed E-state index contributed by atoms with van der Waals surface area (Å²) in [4.78, 5) is 2.45. The summed E-state index contributed by atoms with van der Waals surface area (Å²) in [6.07, 6.45) is 0. The fourth-order valence-corrected chi connectivity index (χ4v) is 8.40. The molecular weight excluding hydrogens is 631 g/mol. The first-order valence-electron chi connectivity index (χ1n) is 17.8. The van der Waals surface area contributed by atoms with E-state index in [-0.39, 0.29) is 0 Å². The molecule has 0 radical (unpaired) electrons. The third kappa shape index (κ3) is 4.31. The highest BCUT2D eigenvalue weighted by atomic mass is 16.3. The van der Waals surface area contributed by atoms with Crippen molar-refractivity contribution in [2.75, 3.05) is 4.90 Å². The van der Waals surface area contributed by atoms with E-state index in [0.717, 1.165) is 55.5 Å². The van der Waals surface area contributed by atoms with Crippen LogP contribution in [0, 0.1) is 0 Å². The normalized spacial score (nSPS) is 11.8. The molecule has 0 fully saturated rings. The third-order valence-electron chi connectivity index (χ3n) is 10.8. The molecule has 2 nitrogen and oxygen atoms in total. The molecule has 0 bridgehead atoms. The molecular formula is C50H31NO. The van der Waals surface area contributed by atoms with E-state index in [1.54, 1.807) is 0 Å². The van der Waals surface area contributed by atoms with E-state index in [2.05, 4.69) is 193 Å². The monoisotopic (exact) mass is 661 g/mol. The Kier molecular flexibility index (Phi) is 6.28. The molecule has 11 aromatic rings. The highest BCUT2D eigenvalue weighted by molar-refractivity contribution is 6.19. The van der Waals surface area contributed by atoms with Crippen LogP contribution in [0.3, 0.4) is 0 Å². The van der Waals surface area contributed by atoms with E-state index in [1.165, 1.54) is 48.5 Å². The van der Waals surface area contributed by atoms with Gasteiger partial charge in [0.05, 0.1) is 11.4 Å². The minimum Gasteiger partial charge on any atom is -0.455 e. The minimum absolute atomic E-state index is 0.898. The van der Waals surface area contributed by atoms with Gasteiger partial charge in [-0.2, -0.15) is 0 Å². The van der Waals surface area contributed by atoms with Gasteiger partial charge in [0.1, 0.15) is 11.2 Å². The van der Waals surface area contributed by atoms with Gasteiger partial charge in [0.25, 0.3) is 0 Å². The van der Waals surface area contributed by atoms with Crippen molar-refractivity contribution in [3.63, 3.8) is 0 Å². The average molecular weight is 662 g/mol. The van der Waals surface area contributed by atoms with Crippen molar-refractivity contribution in [1.29, 1.82) is 0 Å². The fraction of sp³-hybridized carbons (Fsp3) is 0. The topological polar surface area (TPSA) is 16.4 Å². The predicted octanol–water partition coefficient (Wildman–Crippen LogP) is 14.5. The molecule has 0 saturated carbocycles. The van der Waals surface area contributed by atoms with Crippen LogP contribution in [0.1, 0.15) is 0 Å². The molecule has 0 spiro atoms. The Bertz CT molecular complexity index is 3210. The van der Waals surface area contributed by atoms with Gasteiger partial charge >= 0.3 is 0 Å². The van der Waals surface area contributed by atoms with Crippen LogP contribution in [0.2, 0.25) is 0 Å². The van der Waals surface area contributed by atoms with Crippen molar-refractivity contribution < 1.29 is 4.42 Å². The Hall–Kier alpha value is -6.90. The summed E-state index contributed by atoms with van der Waals surface area (Å²) >= 11 is 0. The number of furan rings is 1. The molecule has 52 heavy (non-hydrogen) atoms. The molecule has 2 heteroatoms. The summed E-state index contributed by atoms with van der Waals surface area (Å²) in [6, 6.07) is 68.1. The lowest BCUT2D eigenvalue weighted by Crippen LogP contribution is -2.12. The number of fused-ring (bicyclic) bond motifs is 11. The lowest BCUT2D eigenvalue weighted by atomic mass is 9.96. The maximum atomic E-state index is 6.91. The molecule has 0 unspecified atom stereocenters. The Labute approximate surface area is 300 Å². The molecule has 0 saturated heterocycles. The van der Waals surface area contributed by atoms with Gasteiger partial charge in [-0.1, -0.05) is 158 Å². The van der Waals surface area contributed by atoms with Crippen LogP contribution < -0.4 is 4.90 Å². The van der Waals surface area contributed by atoms with Gasteiger partial charge in [-0.15, -0.1) is 0 Å². The quantitative estimate of drug-likeness (QED) is 0.175. The summed E-state index contributed by atoms with van der Waals surface area (Å²) in [7, 11) is 0. The van der Waals surface area contributed by atoms with Crippen molar-refractivity contribution in [2.45, 2.75) is 0 Å². The summed E-state index contributed by atoms with van der Waals surface area (Å²) < 4.78 is 6.91. The molecule has 0 aliphatic heterocycles. The number of nitrogens with zero attached hydrogens (tertiary/aromatic N) is 1. The SMILES string of the molecule is c1ccc(N(c2ccc3c(ccc4ccccc43)c2)c2cc3ccccc3c3ccccc23)c(-c2cccc3c2oc2c4ccccc4ccc32)c1. The van der Waals surface area contributed by atoms with Crippen molar-refractivity contribution in [1.82, 2.24) is 0 Å². The number of rotatable bonds is 4.